The van der Waals surface area contributed by atoms with E-state index in [0.717, 1.165) is 12.1 Å². The van der Waals surface area contributed by atoms with Crippen molar-refractivity contribution in [3.05, 3.63) is 34.4 Å². The first-order valence-corrected chi connectivity index (χ1v) is 6.82. The largest absolute Gasteiger partial charge is 0.297 e. The van der Waals surface area contributed by atoms with Crippen LogP contribution in [0.1, 0.15) is 20.8 Å². The molecular weight excluding hydrogens is 258 g/mol. The molecule has 0 saturated heterocycles. The number of hydrogen-bond acceptors (Lipinski definition) is 5. The van der Waals surface area contributed by atoms with Crippen molar-refractivity contribution in [2.75, 3.05) is 0 Å². The summed E-state index contributed by atoms with van der Waals surface area (Å²) in [6.45, 7) is 5.35. The molecule has 0 saturated carbocycles. The van der Waals surface area contributed by atoms with Gasteiger partial charge in [-0.2, -0.15) is 8.42 Å². The van der Waals surface area contributed by atoms with Gasteiger partial charge in [-0.25, -0.2) is 0 Å². The second-order valence-electron chi connectivity index (χ2n) is 4.25. The molecule has 0 bridgehead atoms. The van der Waals surface area contributed by atoms with Gasteiger partial charge in [0.2, 0.25) is 0 Å². The predicted octanol–water partition coefficient (Wildman–Crippen LogP) is 2.34. The number of nitro groups is 1. The Morgan fingerprint density at radius 2 is 1.67 bits per heavy atom. The molecule has 1 unspecified atom stereocenters. The smallest absolute Gasteiger partial charge is 0.263 e. The van der Waals surface area contributed by atoms with Crippen molar-refractivity contribution in [1.29, 1.82) is 0 Å². The highest BCUT2D eigenvalue weighted by Gasteiger charge is 2.21. The fourth-order valence-corrected chi connectivity index (χ4v) is 2.30. The van der Waals surface area contributed by atoms with E-state index < -0.39 is 21.1 Å². The van der Waals surface area contributed by atoms with Crippen LogP contribution in [0.25, 0.3) is 0 Å². The zero-order chi connectivity index (χ0) is 13.9. The molecule has 1 atom stereocenters. The average molecular weight is 273 g/mol. The molecule has 1 aromatic rings. The van der Waals surface area contributed by atoms with Gasteiger partial charge in [-0.15, -0.1) is 0 Å². The fourth-order valence-electron chi connectivity index (χ4n) is 1.10. The molecule has 6 nitrogen and oxygen atoms in total. The average Bonchev–Trinajstić information content (AvgIpc) is 2.28. The summed E-state index contributed by atoms with van der Waals surface area (Å²) in [5, 5.41) is 10.5. The summed E-state index contributed by atoms with van der Waals surface area (Å²) in [6, 6.07) is 4.60. The predicted molar refractivity (Wildman–Crippen MR) is 65.7 cm³/mol. The third-order valence-corrected chi connectivity index (χ3v) is 3.96. The summed E-state index contributed by atoms with van der Waals surface area (Å²) >= 11 is 0. The van der Waals surface area contributed by atoms with E-state index in [4.69, 9.17) is 4.18 Å². The Kier molecular flexibility index (Phi) is 4.42. The molecule has 1 aromatic carbocycles. The summed E-state index contributed by atoms with van der Waals surface area (Å²) in [5.74, 6) is 0.0535. The molecule has 0 N–H and O–H groups in total. The summed E-state index contributed by atoms with van der Waals surface area (Å²) in [7, 11) is -3.87. The number of non-ortho nitro benzene ring substituents is 1. The Morgan fingerprint density at radius 1 is 1.17 bits per heavy atom. The van der Waals surface area contributed by atoms with Gasteiger partial charge in [0.1, 0.15) is 0 Å². The van der Waals surface area contributed by atoms with Gasteiger partial charge in [-0.3, -0.25) is 14.3 Å². The molecule has 0 aliphatic carbocycles. The van der Waals surface area contributed by atoms with Gasteiger partial charge < -0.3 is 0 Å². The van der Waals surface area contributed by atoms with Crippen molar-refractivity contribution >= 4 is 15.8 Å². The zero-order valence-electron chi connectivity index (χ0n) is 10.4. The Balaban J connectivity index is 2.95. The van der Waals surface area contributed by atoms with Gasteiger partial charge in [0.15, 0.2) is 0 Å². The van der Waals surface area contributed by atoms with Crippen LogP contribution in [0.4, 0.5) is 5.69 Å². The summed E-state index contributed by atoms with van der Waals surface area (Å²) in [5.41, 5.74) is -0.161. The Labute approximate surface area is 106 Å². The first-order chi connectivity index (χ1) is 8.24. The van der Waals surface area contributed by atoms with Crippen LogP contribution in [0.2, 0.25) is 0 Å². The van der Waals surface area contributed by atoms with Crippen LogP contribution in [0.3, 0.4) is 0 Å². The normalized spacial score (nSPS) is 13.6. The lowest BCUT2D eigenvalue weighted by molar-refractivity contribution is -0.384. The quantitative estimate of drug-likeness (QED) is 0.467. The first kappa shape index (κ1) is 14.6. The minimum atomic E-state index is -3.87. The highest BCUT2D eigenvalue weighted by atomic mass is 32.2. The summed E-state index contributed by atoms with van der Waals surface area (Å²) in [6.07, 6.45) is -0.454. The van der Waals surface area contributed by atoms with Crippen LogP contribution in [0, 0.1) is 16.0 Å². The van der Waals surface area contributed by atoms with E-state index in [9.17, 15) is 18.5 Å². The van der Waals surface area contributed by atoms with Crippen molar-refractivity contribution in [2.24, 2.45) is 5.92 Å². The molecule has 0 amide bonds. The maximum Gasteiger partial charge on any atom is 0.297 e. The van der Waals surface area contributed by atoms with E-state index in [1.165, 1.54) is 12.1 Å². The SMILES string of the molecule is CC(C)C(C)OS(=O)(=O)c1ccc([N+](=O)[O-])cc1. The number of benzene rings is 1. The van der Waals surface area contributed by atoms with E-state index in [1.54, 1.807) is 6.92 Å². The van der Waals surface area contributed by atoms with E-state index in [2.05, 4.69) is 0 Å². The molecule has 0 heterocycles. The molecular formula is C11H15NO5S. The van der Waals surface area contributed by atoms with E-state index in [1.807, 2.05) is 13.8 Å². The van der Waals surface area contributed by atoms with Crippen LogP contribution in [0.15, 0.2) is 29.2 Å². The molecule has 1 rings (SSSR count). The number of rotatable bonds is 5. The lowest BCUT2D eigenvalue weighted by Gasteiger charge is -2.15. The van der Waals surface area contributed by atoms with E-state index in [-0.39, 0.29) is 16.5 Å². The topological polar surface area (TPSA) is 86.5 Å². The van der Waals surface area contributed by atoms with Crippen molar-refractivity contribution in [1.82, 2.24) is 0 Å². The minimum absolute atomic E-state index is 0.0535. The third kappa shape index (κ3) is 3.51. The molecule has 0 fully saturated rings. The number of nitro benzene ring substituents is 1. The standard InChI is InChI=1S/C11H15NO5S/c1-8(2)9(3)17-18(15,16)11-6-4-10(5-7-11)12(13)14/h4-9H,1-3H3. The van der Waals surface area contributed by atoms with Gasteiger partial charge in [0.05, 0.1) is 15.9 Å². The lowest BCUT2D eigenvalue weighted by Crippen LogP contribution is -2.20. The van der Waals surface area contributed by atoms with Crippen molar-refractivity contribution in [3.8, 4) is 0 Å². The fraction of sp³-hybridized carbons (Fsp3) is 0.455. The highest BCUT2D eigenvalue weighted by Crippen LogP contribution is 2.20. The highest BCUT2D eigenvalue weighted by molar-refractivity contribution is 7.86. The Hall–Kier alpha value is -1.47. The third-order valence-electron chi connectivity index (χ3n) is 2.55. The van der Waals surface area contributed by atoms with Crippen LogP contribution < -0.4 is 0 Å². The number of hydrogen-bond donors (Lipinski definition) is 0. The molecule has 0 aromatic heterocycles. The maximum absolute atomic E-state index is 11.8. The van der Waals surface area contributed by atoms with Gasteiger partial charge >= 0.3 is 0 Å². The van der Waals surface area contributed by atoms with Crippen molar-refractivity contribution in [2.45, 2.75) is 31.8 Å². The number of nitrogens with zero attached hydrogens (tertiary/aromatic N) is 1. The summed E-state index contributed by atoms with van der Waals surface area (Å²) in [4.78, 5) is 9.78. The molecule has 0 spiro atoms. The lowest BCUT2D eigenvalue weighted by atomic mass is 10.1. The van der Waals surface area contributed by atoms with Crippen LogP contribution >= 0.6 is 0 Å². The maximum atomic E-state index is 11.8. The molecule has 0 aliphatic rings. The monoisotopic (exact) mass is 273 g/mol. The van der Waals surface area contributed by atoms with Crippen molar-refractivity contribution in [3.63, 3.8) is 0 Å². The molecule has 0 aliphatic heterocycles. The van der Waals surface area contributed by atoms with E-state index >= 15 is 0 Å². The van der Waals surface area contributed by atoms with Crippen LogP contribution in [-0.2, 0) is 14.3 Å². The van der Waals surface area contributed by atoms with Gasteiger partial charge in [-0.1, -0.05) is 13.8 Å². The van der Waals surface area contributed by atoms with Crippen molar-refractivity contribution < 1.29 is 17.5 Å². The van der Waals surface area contributed by atoms with Gasteiger partial charge in [-0.05, 0) is 25.0 Å². The Bertz CT molecular complexity index is 521. The molecule has 7 heteroatoms. The van der Waals surface area contributed by atoms with E-state index in [0.29, 0.717) is 0 Å². The molecule has 100 valence electrons. The minimum Gasteiger partial charge on any atom is -0.263 e. The molecule has 0 radical (unpaired) electrons. The zero-order valence-corrected chi connectivity index (χ0v) is 11.2. The first-order valence-electron chi connectivity index (χ1n) is 5.42. The Morgan fingerprint density at radius 3 is 2.06 bits per heavy atom. The van der Waals surface area contributed by atoms with Gasteiger partial charge in [0.25, 0.3) is 15.8 Å². The second-order valence-corrected chi connectivity index (χ2v) is 5.82. The van der Waals surface area contributed by atoms with Gasteiger partial charge in [0, 0.05) is 12.1 Å². The van der Waals surface area contributed by atoms with Crippen LogP contribution in [0.5, 0.6) is 0 Å². The molecule has 18 heavy (non-hydrogen) atoms. The van der Waals surface area contributed by atoms with Crippen LogP contribution in [-0.4, -0.2) is 19.4 Å². The second kappa shape index (κ2) is 5.45. The summed E-state index contributed by atoms with van der Waals surface area (Å²) < 4.78 is 28.7.